The van der Waals surface area contributed by atoms with Gasteiger partial charge >= 0.3 is 0 Å². The van der Waals surface area contributed by atoms with E-state index in [4.69, 9.17) is 34.3 Å². The van der Waals surface area contributed by atoms with Crippen LogP contribution >= 0.6 is 0 Å². The maximum absolute atomic E-state index is 8.32. The van der Waals surface area contributed by atoms with E-state index in [1.807, 2.05) is 6.92 Å². The minimum atomic E-state index is 0.0670. The van der Waals surface area contributed by atoms with Crippen LogP contribution in [0.5, 0.6) is 0 Å². The van der Waals surface area contributed by atoms with Crippen LogP contribution in [0.15, 0.2) is 0 Å². The van der Waals surface area contributed by atoms with Gasteiger partial charge in [-0.2, -0.15) is 0 Å². The first-order valence-electron chi connectivity index (χ1n) is 6.97. The lowest BCUT2D eigenvalue weighted by molar-refractivity contribution is 0.0370. The van der Waals surface area contributed by atoms with Crippen LogP contribution in [0.25, 0.3) is 0 Å². The molecule has 0 radical (unpaired) electrons. The van der Waals surface area contributed by atoms with Gasteiger partial charge in [0.15, 0.2) is 0 Å². The number of ether oxygens (including phenoxy) is 4. The summed E-state index contributed by atoms with van der Waals surface area (Å²) in [6.45, 7) is 6.48. The maximum atomic E-state index is 8.32. The zero-order chi connectivity index (χ0) is 15.3. The highest BCUT2D eigenvalue weighted by Crippen LogP contribution is 1.84. The van der Waals surface area contributed by atoms with Gasteiger partial charge in [0.25, 0.3) is 0 Å². The summed E-state index contributed by atoms with van der Waals surface area (Å²) in [7, 11) is 0. The van der Waals surface area contributed by atoms with Crippen molar-refractivity contribution in [1.82, 2.24) is 0 Å². The highest BCUT2D eigenvalue weighted by atomic mass is 16.5. The van der Waals surface area contributed by atoms with Gasteiger partial charge in [0, 0.05) is 19.8 Å². The van der Waals surface area contributed by atoms with Crippen LogP contribution in [0.2, 0.25) is 0 Å². The van der Waals surface area contributed by atoms with Crippen molar-refractivity contribution in [2.75, 3.05) is 72.7 Å². The van der Waals surface area contributed by atoms with Gasteiger partial charge in [-0.05, 0) is 13.3 Å². The van der Waals surface area contributed by atoms with Gasteiger partial charge in [0.05, 0.1) is 52.9 Å². The summed E-state index contributed by atoms with van der Waals surface area (Å²) >= 11 is 0. The molecule has 0 atom stereocenters. The van der Waals surface area contributed by atoms with E-state index in [1.54, 1.807) is 0 Å². The fraction of sp³-hybridized carbons (Fsp3) is 1.00. The summed E-state index contributed by atoms with van der Waals surface area (Å²) in [5.41, 5.74) is 0. The second kappa shape index (κ2) is 23.8. The standard InChI is InChI=1S/C7H16O4.C6H14O3/c8-2-6-10-4-1-5-11-7-3-9;1-2-8-5-6-9-4-3-7/h8-9H,1-7H2;7H,2-6H2,1H3. The molecule has 0 amide bonds. The van der Waals surface area contributed by atoms with Crippen LogP contribution in [-0.4, -0.2) is 88.0 Å². The van der Waals surface area contributed by atoms with Crippen molar-refractivity contribution < 1.29 is 34.3 Å². The van der Waals surface area contributed by atoms with Crippen molar-refractivity contribution in [3.05, 3.63) is 0 Å². The largest absolute Gasteiger partial charge is 0.394 e. The Balaban J connectivity index is 0. The lowest BCUT2D eigenvalue weighted by atomic mass is 10.5. The third-order valence-electron chi connectivity index (χ3n) is 1.86. The minimum absolute atomic E-state index is 0.0670. The van der Waals surface area contributed by atoms with E-state index in [-0.39, 0.29) is 19.8 Å². The second-order valence-electron chi connectivity index (χ2n) is 3.56. The van der Waals surface area contributed by atoms with E-state index in [0.29, 0.717) is 46.2 Å². The van der Waals surface area contributed by atoms with Crippen LogP contribution in [0, 0.1) is 0 Å². The molecular formula is C13H30O7. The monoisotopic (exact) mass is 298 g/mol. The molecular weight excluding hydrogens is 268 g/mol. The molecule has 0 fully saturated rings. The molecule has 0 aliphatic heterocycles. The summed E-state index contributed by atoms with van der Waals surface area (Å²) in [5.74, 6) is 0. The van der Waals surface area contributed by atoms with Gasteiger partial charge in [-0.1, -0.05) is 0 Å². The molecule has 0 rings (SSSR count). The minimum Gasteiger partial charge on any atom is -0.394 e. The third kappa shape index (κ3) is 26.3. The summed E-state index contributed by atoms with van der Waals surface area (Å²) in [6.07, 6.45) is 0.806. The van der Waals surface area contributed by atoms with Gasteiger partial charge < -0.3 is 34.3 Å². The topological polar surface area (TPSA) is 97.6 Å². The summed E-state index contributed by atoms with van der Waals surface area (Å²) < 4.78 is 19.8. The van der Waals surface area contributed by atoms with Crippen LogP contribution in [0.3, 0.4) is 0 Å². The predicted molar refractivity (Wildman–Crippen MR) is 74.8 cm³/mol. The van der Waals surface area contributed by atoms with Gasteiger partial charge in [0.1, 0.15) is 0 Å². The summed E-state index contributed by atoms with van der Waals surface area (Å²) in [6, 6.07) is 0. The van der Waals surface area contributed by atoms with Gasteiger partial charge in [-0.15, -0.1) is 0 Å². The van der Waals surface area contributed by atoms with E-state index < -0.39 is 0 Å². The van der Waals surface area contributed by atoms with Crippen LogP contribution in [0.4, 0.5) is 0 Å². The Morgan fingerprint density at radius 2 is 0.950 bits per heavy atom. The van der Waals surface area contributed by atoms with Gasteiger partial charge in [0.2, 0.25) is 0 Å². The fourth-order valence-electron chi connectivity index (χ4n) is 1.03. The molecule has 0 aromatic rings. The highest BCUT2D eigenvalue weighted by Gasteiger charge is 1.88. The number of aliphatic hydroxyl groups excluding tert-OH is 3. The van der Waals surface area contributed by atoms with Crippen molar-refractivity contribution in [2.24, 2.45) is 0 Å². The van der Waals surface area contributed by atoms with Crippen molar-refractivity contribution in [3.8, 4) is 0 Å². The number of aliphatic hydroxyl groups is 3. The zero-order valence-electron chi connectivity index (χ0n) is 12.5. The molecule has 0 aromatic carbocycles. The predicted octanol–water partition coefficient (Wildman–Crippen LogP) is -0.574. The number of rotatable bonds is 14. The van der Waals surface area contributed by atoms with Crippen molar-refractivity contribution in [3.63, 3.8) is 0 Å². The van der Waals surface area contributed by atoms with Crippen LogP contribution in [0.1, 0.15) is 13.3 Å². The fourth-order valence-corrected chi connectivity index (χ4v) is 1.03. The van der Waals surface area contributed by atoms with Crippen molar-refractivity contribution in [2.45, 2.75) is 13.3 Å². The molecule has 0 unspecified atom stereocenters. The molecule has 124 valence electrons. The molecule has 0 spiro atoms. The first kappa shape index (κ1) is 22.0. The first-order chi connectivity index (χ1) is 9.83. The van der Waals surface area contributed by atoms with Crippen LogP contribution in [-0.2, 0) is 18.9 Å². The summed E-state index contributed by atoms with van der Waals surface area (Å²) in [4.78, 5) is 0. The lowest BCUT2D eigenvalue weighted by Crippen LogP contribution is -2.06. The maximum Gasteiger partial charge on any atom is 0.0701 e. The average molecular weight is 298 g/mol. The molecule has 0 heterocycles. The normalized spacial score (nSPS) is 10.2. The molecule has 3 N–H and O–H groups in total. The lowest BCUT2D eigenvalue weighted by Gasteiger charge is -2.02. The molecule has 0 saturated carbocycles. The SMILES string of the molecule is CCOCCOCCO.OCCOCCCOCCO. The molecule has 0 saturated heterocycles. The molecule has 7 nitrogen and oxygen atoms in total. The Bertz CT molecular complexity index is 133. The Kier molecular flexibility index (Phi) is 26.2. The van der Waals surface area contributed by atoms with Gasteiger partial charge in [-0.25, -0.2) is 0 Å². The zero-order valence-corrected chi connectivity index (χ0v) is 12.5. The van der Waals surface area contributed by atoms with E-state index >= 15 is 0 Å². The van der Waals surface area contributed by atoms with Gasteiger partial charge in [-0.3, -0.25) is 0 Å². The third-order valence-corrected chi connectivity index (χ3v) is 1.86. The molecule has 7 heteroatoms. The van der Waals surface area contributed by atoms with Crippen molar-refractivity contribution >= 4 is 0 Å². The molecule has 0 aromatic heterocycles. The molecule has 0 aliphatic carbocycles. The average Bonchev–Trinajstić information content (AvgIpc) is 2.47. The Hall–Kier alpha value is -0.280. The summed E-state index contributed by atoms with van der Waals surface area (Å²) in [5, 5.41) is 24.9. The Morgan fingerprint density at radius 3 is 1.35 bits per heavy atom. The van der Waals surface area contributed by atoms with Crippen molar-refractivity contribution in [1.29, 1.82) is 0 Å². The highest BCUT2D eigenvalue weighted by molar-refractivity contribution is 4.34. The number of hydrogen-bond donors (Lipinski definition) is 3. The van der Waals surface area contributed by atoms with E-state index in [1.165, 1.54) is 0 Å². The number of hydrogen-bond acceptors (Lipinski definition) is 7. The van der Waals surface area contributed by atoms with E-state index in [2.05, 4.69) is 0 Å². The Morgan fingerprint density at radius 1 is 0.550 bits per heavy atom. The molecule has 20 heavy (non-hydrogen) atoms. The first-order valence-corrected chi connectivity index (χ1v) is 6.97. The Labute approximate surface area is 121 Å². The van der Waals surface area contributed by atoms with E-state index in [0.717, 1.165) is 13.0 Å². The smallest absolute Gasteiger partial charge is 0.0701 e. The molecule has 0 aliphatic rings. The molecule has 0 bridgehead atoms. The van der Waals surface area contributed by atoms with E-state index in [9.17, 15) is 0 Å². The second-order valence-corrected chi connectivity index (χ2v) is 3.56. The van der Waals surface area contributed by atoms with Crippen LogP contribution < -0.4 is 0 Å². The quantitative estimate of drug-likeness (QED) is 0.369.